The minimum Gasteiger partial charge on any atom is -0.326 e. The van der Waals surface area contributed by atoms with E-state index in [-0.39, 0.29) is 0 Å². The Hall–Kier alpha value is -0.0800. The lowest BCUT2D eigenvalue weighted by Gasteiger charge is -2.46. The van der Waals surface area contributed by atoms with Crippen molar-refractivity contribution in [1.29, 1.82) is 0 Å². The van der Waals surface area contributed by atoms with Gasteiger partial charge in [-0.2, -0.15) is 0 Å². The topological polar surface area (TPSA) is 29.3 Å². The van der Waals surface area contributed by atoms with Gasteiger partial charge in [0, 0.05) is 18.1 Å². The molecule has 0 bridgehead atoms. The van der Waals surface area contributed by atoms with Crippen molar-refractivity contribution in [2.45, 2.75) is 84.8 Å². The van der Waals surface area contributed by atoms with Gasteiger partial charge in [-0.3, -0.25) is 4.90 Å². The number of likely N-dealkylation sites (N-methyl/N-ethyl adjacent to an activating group) is 1. The molecule has 0 aromatic rings. The van der Waals surface area contributed by atoms with E-state index in [1.165, 1.54) is 32.1 Å². The first-order valence-electron chi connectivity index (χ1n) is 7.81. The highest BCUT2D eigenvalue weighted by Crippen LogP contribution is 2.41. The zero-order valence-electron chi connectivity index (χ0n) is 13.4. The molecule has 1 aliphatic rings. The van der Waals surface area contributed by atoms with E-state index in [4.69, 9.17) is 5.73 Å². The van der Waals surface area contributed by atoms with E-state index in [1.807, 2.05) is 0 Å². The smallest absolute Gasteiger partial charge is 0.0249 e. The molecule has 2 nitrogen and oxygen atoms in total. The second-order valence-electron chi connectivity index (χ2n) is 7.01. The second kappa shape index (κ2) is 6.38. The van der Waals surface area contributed by atoms with Crippen LogP contribution < -0.4 is 5.73 Å². The van der Waals surface area contributed by atoms with E-state index in [0.717, 1.165) is 5.92 Å². The highest BCUT2D eigenvalue weighted by molar-refractivity contribution is 4.93. The van der Waals surface area contributed by atoms with Gasteiger partial charge in [0.15, 0.2) is 0 Å². The molecule has 2 heteroatoms. The maximum absolute atomic E-state index is 6.38. The predicted molar refractivity (Wildman–Crippen MR) is 80.7 cm³/mol. The van der Waals surface area contributed by atoms with Crippen molar-refractivity contribution in [3.05, 3.63) is 0 Å². The molecule has 0 heterocycles. The second-order valence-corrected chi connectivity index (χ2v) is 7.01. The molecule has 0 aromatic carbocycles. The third-order valence-electron chi connectivity index (χ3n) is 5.69. The fourth-order valence-electron chi connectivity index (χ4n) is 3.25. The van der Waals surface area contributed by atoms with E-state index >= 15 is 0 Å². The number of nitrogens with zero attached hydrogens (tertiary/aromatic N) is 1. The van der Waals surface area contributed by atoms with Crippen LogP contribution in [0.4, 0.5) is 0 Å². The molecule has 0 spiro atoms. The average Bonchev–Trinajstić information content (AvgIpc) is 2.37. The van der Waals surface area contributed by atoms with Gasteiger partial charge in [-0.25, -0.2) is 0 Å². The van der Waals surface area contributed by atoms with Crippen molar-refractivity contribution in [1.82, 2.24) is 4.90 Å². The lowest BCUT2D eigenvalue weighted by atomic mass is 9.67. The predicted octanol–water partition coefficient (Wildman–Crippen LogP) is 3.65. The average molecular weight is 254 g/mol. The molecule has 1 rings (SSSR count). The van der Waals surface area contributed by atoms with Crippen LogP contribution in [0.15, 0.2) is 0 Å². The third kappa shape index (κ3) is 3.48. The standard InChI is InChI=1S/C16H34N2/c1-7-12(3)18(6)15-11-13(9-10-14(15)17)16(4,5)8-2/h12-15H,7-11,17H2,1-6H3. The van der Waals surface area contributed by atoms with Gasteiger partial charge in [0.2, 0.25) is 0 Å². The zero-order chi connectivity index (χ0) is 13.9. The summed E-state index contributed by atoms with van der Waals surface area (Å²) in [6, 6.07) is 1.59. The largest absolute Gasteiger partial charge is 0.326 e. The zero-order valence-corrected chi connectivity index (χ0v) is 13.4. The highest BCUT2D eigenvalue weighted by atomic mass is 15.2. The van der Waals surface area contributed by atoms with E-state index in [9.17, 15) is 0 Å². The molecule has 0 aliphatic heterocycles. The van der Waals surface area contributed by atoms with Gasteiger partial charge in [-0.15, -0.1) is 0 Å². The summed E-state index contributed by atoms with van der Waals surface area (Å²) in [5.74, 6) is 0.832. The van der Waals surface area contributed by atoms with Crippen LogP contribution in [0.3, 0.4) is 0 Å². The molecule has 18 heavy (non-hydrogen) atoms. The van der Waals surface area contributed by atoms with Crippen molar-refractivity contribution in [3.63, 3.8) is 0 Å². The van der Waals surface area contributed by atoms with Gasteiger partial charge < -0.3 is 5.73 Å². The van der Waals surface area contributed by atoms with Crippen LogP contribution in [0.1, 0.15) is 66.7 Å². The van der Waals surface area contributed by atoms with Crippen molar-refractivity contribution >= 4 is 0 Å². The van der Waals surface area contributed by atoms with Crippen LogP contribution in [-0.2, 0) is 0 Å². The van der Waals surface area contributed by atoms with E-state index in [2.05, 4.69) is 46.6 Å². The van der Waals surface area contributed by atoms with Crippen LogP contribution in [0.5, 0.6) is 0 Å². The molecule has 108 valence electrons. The van der Waals surface area contributed by atoms with E-state index in [1.54, 1.807) is 0 Å². The molecule has 2 N–H and O–H groups in total. The van der Waals surface area contributed by atoms with Crippen molar-refractivity contribution in [2.75, 3.05) is 7.05 Å². The summed E-state index contributed by atoms with van der Waals surface area (Å²) in [6.07, 6.45) is 6.27. The molecular formula is C16H34N2. The molecule has 0 aromatic heterocycles. The number of hydrogen-bond acceptors (Lipinski definition) is 2. The van der Waals surface area contributed by atoms with Gasteiger partial charge in [0.1, 0.15) is 0 Å². The van der Waals surface area contributed by atoms with Gasteiger partial charge in [0.05, 0.1) is 0 Å². The molecular weight excluding hydrogens is 220 g/mol. The molecule has 0 radical (unpaired) electrons. The fourth-order valence-corrected chi connectivity index (χ4v) is 3.25. The summed E-state index contributed by atoms with van der Waals surface area (Å²) in [4.78, 5) is 2.53. The summed E-state index contributed by atoms with van der Waals surface area (Å²) < 4.78 is 0. The Morgan fingerprint density at radius 2 is 1.89 bits per heavy atom. The Kier molecular flexibility index (Phi) is 5.67. The highest BCUT2D eigenvalue weighted by Gasteiger charge is 2.38. The molecule has 1 aliphatic carbocycles. The van der Waals surface area contributed by atoms with Crippen LogP contribution >= 0.6 is 0 Å². The van der Waals surface area contributed by atoms with Gasteiger partial charge in [0.25, 0.3) is 0 Å². The number of hydrogen-bond donors (Lipinski definition) is 1. The quantitative estimate of drug-likeness (QED) is 0.811. The number of rotatable bonds is 5. The Morgan fingerprint density at radius 1 is 1.28 bits per heavy atom. The van der Waals surface area contributed by atoms with E-state index < -0.39 is 0 Å². The maximum atomic E-state index is 6.38. The first kappa shape index (κ1) is 16.0. The maximum Gasteiger partial charge on any atom is 0.0249 e. The summed E-state index contributed by atoms with van der Waals surface area (Å²) in [7, 11) is 2.26. The van der Waals surface area contributed by atoms with Crippen LogP contribution in [0.2, 0.25) is 0 Å². The summed E-state index contributed by atoms with van der Waals surface area (Å²) in [6.45, 7) is 11.8. The fraction of sp³-hybridized carbons (Fsp3) is 1.00. The first-order chi connectivity index (χ1) is 8.33. The molecule has 0 saturated heterocycles. The Bertz CT molecular complexity index is 249. The summed E-state index contributed by atoms with van der Waals surface area (Å²) >= 11 is 0. The molecule has 1 saturated carbocycles. The van der Waals surface area contributed by atoms with Crippen LogP contribution in [-0.4, -0.2) is 30.1 Å². The lowest BCUT2D eigenvalue weighted by Crippen LogP contribution is -2.53. The van der Waals surface area contributed by atoms with Gasteiger partial charge in [-0.1, -0.05) is 34.1 Å². The minimum atomic E-state index is 0.368. The summed E-state index contributed by atoms with van der Waals surface area (Å²) in [5, 5.41) is 0. The minimum absolute atomic E-state index is 0.368. The van der Waals surface area contributed by atoms with Crippen molar-refractivity contribution < 1.29 is 0 Å². The molecule has 4 unspecified atom stereocenters. The van der Waals surface area contributed by atoms with Gasteiger partial charge in [-0.05, 0) is 51.0 Å². The Labute approximate surface area is 114 Å². The monoisotopic (exact) mass is 254 g/mol. The van der Waals surface area contributed by atoms with Crippen molar-refractivity contribution in [3.8, 4) is 0 Å². The third-order valence-corrected chi connectivity index (χ3v) is 5.69. The van der Waals surface area contributed by atoms with E-state index in [0.29, 0.717) is 23.5 Å². The Balaban J connectivity index is 2.73. The SMILES string of the molecule is CCC(C)N(C)C1CC(C(C)(C)CC)CCC1N. The van der Waals surface area contributed by atoms with Crippen LogP contribution in [0.25, 0.3) is 0 Å². The molecule has 1 fully saturated rings. The van der Waals surface area contributed by atoms with Crippen LogP contribution in [0, 0.1) is 11.3 Å². The molecule has 4 atom stereocenters. The normalized spacial score (nSPS) is 31.7. The first-order valence-corrected chi connectivity index (χ1v) is 7.81. The van der Waals surface area contributed by atoms with Gasteiger partial charge >= 0.3 is 0 Å². The number of nitrogens with two attached hydrogens (primary N) is 1. The summed E-state index contributed by atoms with van der Waals surface area (Å²) in [5.41, 5.74) is 6.84. The Morgan fingerprint density at radius 3 is 2.39 bits per heavy atom. The lowest BCUT2D eigenvalue weighted by molar-refractivity contribution is 0.0549. The molecule has 0 amide bonds. The van der Waals surface area contributed by atoms with Crippen molar-refractivity contribution in [2.24, 2.45) is 17.1 Å².